The lowest BCUT2D eigenvalue weighted by Gasteiger charge is -2.30. The quantitative estimate of drug-likeness (QED) is 0.847. The van der Waals surface area contributed by atoms with Crippen molar-refractivity contribution in [1.29, 1.82) is 0 Å². The predicted octanol–water partition coefficient (Wildman–Crippen LogP) is 2.96. The van der Waals surface area contributed by atoms with Crippen LogP contribution in [0.25, 0.3) is 0 Å². The molecule has 0 bridgehead atoms. The molecule has 5 heteroatoms. The lowest BCUT2D eigenvalue weighted by Crippen LogP contribution is -2.46. The van der Waals surface area contributed by atoms with Gasteiger partial charge in [0.05, 0.1) is 5.56 Å². The molecular weight excluding hydrogens is 268 g/mol. The van der Waals surface area contributed by atoms with Gasteiger partial charge >= 0.3 is 12.0 Å². The molecule has 0 saturated heterocycles. The fourth-order valence-electron chi connectivity index (χ4n) is 2.02. The van der Waals surface area contributed by atoms with Gasteiger partial charge in [0.1, 0.15) is 0 Å². The number of amides is 2. The zero-order chi connectivity index (χ0) is 16.0. The van der Waals surface area contributed by atoms with Crippen LogP contribution in [-0.4, -0.2) is 34.6 Å². The Labute approximate surface area is 126 Å². The normalized spacial score (nSPS) is 12.0. The summed E-state index contributed by atoms with van der Waals surface area (Å²) < 4.78 is 0. The van der Waals surface area contributed by atoms with Gasteiger partial charge < -0.3 is 15.3 Å². The topological polar surface area (TPSA) is 69.6 Å². The third-order valence-corrected chi connectivity index (χ3v) is 3.70. The third kappa shape index (κ3) is 4.77. The molecular formula is C16H24N2O3. The number of nitrogens with zero attached hydrogens (tertiary/aromatic N) is 1. The Bertz CT molecular complexity index is 483. The largest absolute Gasteiger partial charge is 0.478 e. The Morgan fingerprint density at radius 1 is 1.19 bits per heavy atom. The van der Waals surface area contributed by atoms with Gasteiger partial charge in [-0.2, -0.15) is 0 Å². The van der Waals surface area contributed by atoms with Crippen molar-refractivity contribution in [3.63, 3.8) is 0 Å². The highest BCUT2D eigenvalue weighted by atomic mass is 16.4. The lowest BCUT2D eigenvalue weighted by atomic mass is 10.1. The highest BCUT2D eigenvalue weighted by Gasteiger charge is 2.20. The number of carboxylic acid groups (broad SMARTS) is 1. The maximum atomic E-state index is 12.2. The number of urea groups is 1. The van der Waals surface area contributed by atoms with Crippen molar-refractivity contribution < 1.29 is 14.7 Å². The molecule has 0 heterocycles. The van der Waals surface area contributed by atoms with E-state index in [0.29, 0.717) is 19.0 Å². The van der Waals surface area contributed by atoms with Crippen LogP contribution >= 0.6 is 0 Å². The summed E-state index contributed by atoms with van der Waals surface area (Å²) in [6, 6.07) is 6.58. The van der Waals surface area contributed by atoms with Gasteiger partial charge in [0.25, 0.3) is 0 Å². The van der Waals surface area contributed by atoms with Crippen molar-refractivity contribution in [3.8, 4) is 0 Å². The molecule has 0 aromatic heterocycles. The first-order valence-corrected chi connectivity index (χ1v) is 7.23. The SMILES string of the molecule is CCN(C(=O)NCc1ccc(C(=O)O)cc1)C(C)C(C)C. The number of nitrogens with one attached hydrogen (secondary N) is 1. The molecule has 1 aromatic carbocycles. The molecule has 0 aliphatic carbocycles. The molecule has 1 rings (SSSR count). The van der Waals surface area contributed by atoms with Crippen molar-refractivity contribution in [2.45, 2.75) is 40.3 Å². The molecule has 0 spiro atoms. The van der Waals surface area contributed by atoms with E-state index in [9.17, 15) is 9.59 Å². The lowest BCUT2D eigenvalue weighted by molar-refractivity contribution is 0.0697. The standard InChI is InChI=1S/C16H24N2O3/c1-5-18(12(4)11(2)3)16(21)17-10-13-6-8-14(9-7-13)15(19)20/h6-9,11-12H,5,10H2,1-4H3,(H,17,21)(H,19,20). The van der Waals surface area contributed by atoms with Gasteiger partial charge in [-0.15, -0.1) is 0 Å². The summed E-state index contributed by atoms with van der Waals surface area (Å²) in [6.45, 7) is 9.22. The molecule has 116 valence electrons. The molecule has 1 unspecified atom stereocenters. The summed E-state index contributed by atoms with van der Waals surface area (Å²) in [5, 5.41) is 11.7. The van der Waals surface area contributed by atoms with Crippen LogP contribution in [0.15, 0.2) is 24.3 Å². The first-order valence-electron chi connectivity index (χ1n) is 7.23. The summed E-state index contributed by atoms with van der Waals surface area (Å²) in [6.07, 6.45) is 0. The van der Waals surface area contributed by atoms with E-state index in [1.165, 1.54) is 12.1 Å². The van der Waals surface area contributed by atoms with Crippen molar-refractivity contribution >= 4 is 12.0 Å². The van der Waals surface area contributed by atoms with Gasteiger partial charge in [-0.05, 0) is 37.5 Å². The van der Waals surface area contributed by atoms with E-state index in [2.05, 4.69) is 19.2 Å². The van der Waals surface area contributed by atoms with E-state index in [1.807, 2.05) is 13.8 Å². The van der Waals surface area contributed by atoms with Gasteiger partial charge in [-0.3, -0.25) is 0 Å². The molecule has 1 aromatic rings. The average Bonchev–Trinajstić information content (AvgIpc) is 2.46. The highest BCUT2D eigenvalue weighted by molar-refractivity contribution is 5.87. The van der Waals surface area contributed by atoms with Crippen LogP contribution in [0.1, 0.15) is 43.6 Å². The third-order valence-electron chi connectivity index (χ3n) is 3.70. The summed E-state index contributed by atoms with van der Waals surface area (Å²) in [5.74, 6) is -0.556. The molecule has 1 atom stereocenters. The minimum absolute atomic E-state index is 0.0963. The fraction of sp³-hybridized carbons (Fsp3) is 0.500. The number of carbonyl (C=O) groups excluding carboxylic acids is 1. The minimum Gasteiger partial charge on any atom is -0.478 e. The summed E-state index contributed by atoms with van der Waals surface area (Å²) >= 11 is 0. The zero-order valence-electron chi connectivity index (χ0n) is 13.1. The van der Waals surface area contributed by atoms with Gasteiger partial charge in [0.2, 0.25) is 0 Å². The second kappa shape index (κ2) is 7.67. The van der Waals surface area contributed by atoms with Crippen molar-refractivity contribution in [2.75, 3.05) is 6.54 Å². The Morgan fingerprint density at radius 2 is 1.76 bits per heavy atom. The predicted molar refractivity (Wildman–Crippen MR) is 82.3 cm³/mol. The summed E-state index contributed by atoms with van der Waals surface area (Å²) in [5.41, 5.74) is 1.12. The molecule has 0 fully saturated rings. The second-order valence-corrected chi connectivity index (χ2v) is 5.43. The monoisotopic (exact) mass is 292 g/mol. The first kappa shape index (κ1) is 17.0. The molecule has 2 amide bonds. The summed E-state index contributed by atoms with van der Waals surface area (Å²) in [7, 11) is 0. The van der Waals surface area contributed by atoms with E-state index in [4.69, 9.17) is 5.11 Å². The van der Waals surface area contributed by atoms with E-state index in [0.717, 1.165) is 5.56 Å². The van der Waals surface area contributed by atoms with Crippen LogP contribution in [0, 0.1) is 5.92 Å². The Hall–Kier alpha value is -2.04. The van der Waals surface area contributed by atoms with E-state index < -0.39 is 5.97 Å². The number of carboxylic acids is 1. The number of hydrogen-bond acceptors (Lipinski definition) is 2. The van der Waals surface area contributed by atoms with E-state index >= 15 is 0 Å². The minimum atomic E-state index is -0.950. The van der Waals surface area contributed by atoms with Crippen molar-refractivity contribution in [2.24, 2.45) is 5.92 Å². The molecule has 0 saturated carbocycles. The van der Waals surface area contributed by atoms with Gasteiger partial charge in [0, 0.05) is 19.1 Å². The van der Waals surface area contributed by atoms with Crippen LogP contribution in [0.3, 0.4) is 0 Å². The summed E-state index contributed by atoms with van der Waals surface area (Å²) in [4.78, 5) is 24.8. The van der Waals surface area contributed by atoms with E-state index in [-0.39, 0.29) is 17.6 Å². The van der Waals surface area contributed by atoms with Crippen LogP contribution in [0.5, 0.6) is 0 Å². The molecule has 21 heavy (non-hydrogen) atoms. The molecule has 0 radical (unpaired) electrons. The number of rotatable bonds is 6. The van der Waals surface area contributed by atoms with Crippen LogP contribution in [0.4, 0.5) is 4.79 Å². The molecule has 0 aliphatic heterocycles. The van der Waals surface area contributed by atoms with Crippen LogP contribution in [0.2, 0.25) is 0 Å². The first-order chi connectivity index (χ1) is 9.86. The van der Waals surface area contributed by atoms with Gasteiger partial charge in [-0.25, -0.2) is 9.59 Å². The average molecular weight is 292 g/mol. The highest BCUT2D eigenvalue weighted by Crippen LogP contribution is 2.10. The second-order valence-electron chi connectivity index (χ2n) is 5.43. The molecule has 2 N–H and O–H groups in total. The fourth-order valence-corrected chi connectivity index (χ4v) is 2.02. The maximum Gasteiger partial charge on any atom is 0.335 e. The zero-order valence-corrected chi connectivity index (χ0v) is 13.1. The number of hydrogen-bond donors (Lipinski definition) is 2. The number of carbonyl (C=O) groups is 2. The Morgan fingerprint density at radius 3 is 2.19 bits per heavy atom. The van der Waals surface area contributed by atoms with Crippen molar-refractivity contribution in [1.82, 2.24) is 10.2 Å². The van der Waals surface area contributed by atoms with Gasteiger partial charge in [0.15, 0.2) is 0 Å². The smallest absolute Gasteiger partial charge is 0.335 e. The van der Waals surface area contributed by atoms with E-state index in [1.54, 1.807) is 17.0 Å². The number of benzene rings is 1. The van der Waals surface area contributed by atoms with Crippen LogP contribution < -0.4 is 5.32 Å². The number of aromatic carboxylic acids is 1. The van der Waals surface area contributed by atoms with Crippen molar-refractivity contribution in [3.05, 3.63) is 35.4 Å². The molecule has 0 aliphatic rings. The van der Waals surface area contributed by atoms with Gasteiger partial charge in [-0.1, -0.05) is 26.0 Å². The maximum absolute atomic E-state index is 12.2. The Kier molecular flexibility index (Phi) is 6.21. The Balaban J connectivity index is 2.61. The van der Waals surface area contributed by atoms with Crippen LogP contribution in [-0.2, 0) is 6.54 Å². The molecule has 5 nitrogen and oxygen atoms in total.